The van der Waals surface area contributed by atoms with E-state index in [1.807, 2.05) is 12.3 Å². The predicted molar refractivity (Wildman–Crippen MR) is 108 cm³/mol. The lowest BCUT2D eigenvalue weighted by molar-refractivity contribution is -0.119. The molecule has 1 amide bonds. The molecule has 3 heterocycles. The van der Waals surface area contributed by atoms with Crippen LogP contribution in [0.25, 0.3) is 5.65 Å². The zero-order chi connectivity index (χ0) is 19.2. The molecule has 0 aliphatic carbocycles. The number of nitrogens with two attached hydrogens (primary N) is 1. The number of amides is 1. The van der Waals surface area contributed by atoms with Gasteiger partial charge in [-0.25, -0.2) is 4.98 Å². The van der Waals surface area contributed by atoms with Crippen LogP contribution >= 0.6 is 0 Å². The second-order valence-corrected chi connectivity index (χ2v) is 7.26. The molecule has 0 radical (unpaired) electrons. The van der Waals surface area contributed by atoms with Crippen molar-refractivity contribution in [3.05, 3.63) is 35.8 Å². The van der Waals surface area contributed by atoms with Crippen molar-refractivity contribution in [2.24, 2.45) is 16.6 Å². The van der Waals surface area contributed by atoms with Crippen molar-refractivity contribution in [1.29, 1.82) is 0 Å². The first-order valence-electron chi connectivity index (χ1n) is 9.81. The molecular weight excluding hydrogens is 340 g/mol. The Morgan fingerprint density at radius 2 is 2.33 bits per heavy atom. The van der Waals surface area contributed by atoms with Crippen molar-refractivity contribution in [3.63, 3.8) is 0 Å². The van der Waals surface area contributed by atoms with Gasteiger partial charge in [-0.15, -0.1) is 0 Å². The lowest BCUT2D eigenvalue weighted by atomic mass is 9.95. The van der Waals surface area contributed by atoms with Crippen LogP contribution in [0.2, 0.25) is 0 Å². The maximum Gasteiger partial charge on any atom is 0.217 e. The van der Waals surface area contributed by atoms with Crippen LogP contribution in [0.15, 0.2) is 29.5 Å². The minimum absolute atomic E-state index is 0.217. The molecule has 1 unspecified atom stereocenters. The molecule has 0 bridgehead atoms. The van der Waals surface area contributed by atoms with E-state index in [-0.39, 0.29) is 5.91 Å². The highest BCUT2D eigenvalue weighted by Crippen LogP contribution is 2.19. The van der Waals surface area contributed by atoms with E-state index in [1.165, 1.54) is 5.56 Å². The number of aliphatic imine (C=N–C) groups is 1. The van der Waals surface area contributed by atoms with Gasteiger partial charge in [0.05, 0.1) is 5.69 Å². The van der Waals surface area contributed by atoms with Gasteiger partial charge >= 0.3 is 0 Å². The molecule has 2 aromatic heterocycles. The summed E-state index contributed by atoms with van der Waals surface area (Å²) in [5.41, 5.74) is 8.61. The van der Waals surface area contributed by atoms with E-state index in [0.717, 1.165) is 56.2 Å². The van der Waals surface area contributed by atoms with Crippen LogP contribution in [0.3, 0.4) is 0 Å². The molecule has 146 valence electrons. The highest BCUT2D eigenvalue weighted by atomic mass is 16.1. The number of carbonyl (C=O) groups excluding carboxylic acids is 1. The van der Waals surface area contributed by atoms with Gasteiger partial charge in [-0.2, -0.15) is 0 Å². The van der Waals surface area contributed by atoms with Crippen molar-refractivity contribution in [3.8, 4) is 0 Å². The summed E-state index contributed by atoms with van der Waals surface area (Å²) >= 11 is 0. The number of piperidine rings is 1. The van der Waals surface area contributed by atoms with Gasteiger partial charge in [-0.3, -0.25) is 9.79 Å². The van der Waals surface area contributed by atoms with Crippen LogP contribution in [-0.4, -0.2) is 52.3 Å². The summed E-state index contributed by atoms with van der Waals surface area (Å²) in [6.45, 7) is 7.46. The lowest BCUT2D eigenvalue weighted by Crippen LogP contribution is -2.47. The number of hydrogen-bond acceptors (Lipinski definition) is 3. The third-order valence-corrected chi connectivity index (χ3v) is 5.00. The van der Waals surface area contributed by atoms with Gasteiger partial charge in [0.2, 0.25) is 5.91 Å². The minimum Gasteiger partial charge on any atom is -0.370 e. The molecule has 1 atom stereocenters. The van der Waals surface area contributed by atoms with Crippen LogP contribution in [0.4, 0.5) is 0 Å². The quantitative estimate of drug-likeness (QED) is 0.599. The van der Waals surface area contributed by atoms with E-state index in [1.54, 1.807) is 0 Å². The Kier molecular flexibility index (Phi) is 6.32. The standard InChI is InChI=1S/C20H30N6O/c1-3-22-20(26-11-5-7-16(13-26)12-18(21)27)23-9-8-17-14-25-10-4-6-15(2)19(25)24-17/h4,6,10,14,16H,3,5,7-9,11-13H2,1-2H3,(H2,21,27)(H,22,23). The van der Waals surface area contributed by atoms with E-state index in [4.69, 9.17) is 15.7 Å². The van der Waals surface area contributed by atoms with E-state index in [9.17, 15) is 4.79 Å². The Morgan fingerprint density at radius 1 is 1.48 bits per heavy atom. The molecule has 1 aliphatic rings. The van der Waals surface area contributed by atoms with Gasteiger partial charge in [0, 0.05) is 51.4 Å². The first-order valence-corrected chi connectivity index (χ1v) is 9.81. The molecule has 1 aliphatic heterocycles. The normalized spacial score (nSPS) is 18.1. The van der Waals surface area contributed by atoms with Gasteiger partial charge < -0.3 is 20.4 Å². The summed E-state index contributed by atoms with van der Waals surface area (Å²) in [7, 11) is 0. The molecule has 27 heavy (non-hydrogen) atoms. The summed E-state index contributed by atoms with van der Waals surface area (Å²) in [6, 6.07) is 4.11. The number of hydrogen-bond donors (Lipinski definition) is 2. The molecule has 7 nitrogen and oxygen atoms in total. The maximum atomic E-state index is 11.2. The third kappa shape index (κ3) is 4.99. The summed E-state index contributed by atoms with van der Waals surface area (Å²) in [5.74, 6) is 1.03. The van der Waals surface area contributed by atoms with Gasteiger partial charge in [0.25, 0.3) is 0 Å². The number of rotatable bonds is 6. The van der Waals surface area contributed by atoms with Gasteiger partial charge in [0.1, 0.15) is 5.65 Å². The molecule has 0 aromatic carbocycles. The highest BCUT2D eigenvalue weighted by Gasteiger charge is 2.23. The first kappa shape index (κ1) is 19.2. The number of nitrogens with zero attached hydrogens (tertiary/aromatic N) is 4. The molecule has 3 N–H and O–H groups in total. The number of likely N-dealkylation sites (tertiary alicyclic amines) is 1. The fourth-order valence-electron chi connectivity index (χ4n) is 3.74. The molecular formula is C20H30N6O. The number of carbonyl (C=O) groups is 1. The maximum absolute atomic E-state index is 11.2. The Balaban J connectivity index is 1.64. The molecule has 2 aromatic rings. The molecule has 7 heteroatoms. The van der Waals surface area contributed by atoms with Crippen LogP contribution in [0.5, 0.6) is 0 Å². The third-order valence-electron chi connectivity index (χ3n) is 5.00. The highest BCUT2D eigenvalue weighted by molar-refractivity contribution is 5.80. The average molecular weight is 371 g/mol. The number of primary amides is 1. The second-order valence-electron chi connectivity index (χ2n) is 7.26. The topological polar surface area (TPSA) is 88.0 Å². The number of pyridine rings is 1. The fraction of sp³-hybridized carbons (Fsp3) is 0.550. The summed E-state index contributed by atoms with van der Waals surface area (Å²) < 4.78 is 2.07. The number of nitrogens with one attached hydrogen (secondary N) is 1. The van der Waals surface area contributed by atoms with Gasteiger partial charge in [-0.1, -0.05) is 6.07 Å². The van der Waals surface area contributed by atoms with E-state index in [0.29, 0.717) is 18.9 Å². The zero-order valence-electron chi connectivity index (χ0n) is 16.3. The largest absolute Gasteiger partial charge is 0.370 e. The SMILES string of the molecule is CCNC(=NCCc1cn2cccc(C)c2n1)N1CCCC(CC(N)=O)C1. The van der Waals surface area contributed by atoms with E-state index in [2.05, 4.69) is 40.7 Å². The number of aryl methyl sites for hydroxylation is 1. The predicted octanol–water partition coefficient (Wildman–Crippen LogP) is 1.74. The zero-order valence-corrected chi connectivity index (χ0v) is 16.3. The smallest absolute Gasteiger partial charge is 0.217 e. The first-order chi connectivity index (χ1) is 13.1. The second kappa shape index (κ2) is 8.88. The summed E-state index contributed by atoms with van der Waals surface area (Å²) in [5, 5.41) is 3.38. The van der Waals surface area contributed by atoms with Crippen LogP contribution in [-0.2, 0) is 11.2 Å². The van der Waals surface area contributed by atoms with E-state index < -0.39 is 0 Å². The average Bonchev–Trinajstić information content (AvgIpc) is 3.05. The van der Waals surface area contributed by atoms with Crippen molar-refractivity contribution >= 4 is 17.5 Å². The van der Waals surface area contributed by atoms with Crippen LogP contribution in [0, 0.1) is 12.8 Å². The summed E-state index contributed by atoms with van der Waals surface area (Å²) in [6.07, 6.45) is 7.48. The summed E-state index contributed by atoms with van der Waals surface area (Å²) in [4.78, 5) is 23.0. The number of imidazole rings is 1. The Labute approximate surface area is 160 Å². The van der Waals surface area contributed by atoms with Crippen molar-refractivity contribution in [2.75, 3.05) is 26.2 Å². The Bertz CT molecular complexity index is 812. The van der Waals surface area contributed by atoms with Crippen LogP contribution in [0.1, 0.15) is 37.4 Å². The fourth-order valence-corrected chi connectivity index (χ4v) is 3.74. The molecule has 1 fully saturated rings. The lowest BCUT2D eigenvalue weighted by Gasteiger charge is -2.34. The van der Waals surface area contributed by atoms with Gasteiger partial charge in [-0.05, 0) is 44.2 Å². The number of fused-ring (bicyclic) bond motifs is 1. The molecule has 3 rings (SSSR count). The van der Waals surface area contributed by atoms with Crippen molar-refractivity contribution < 1.29 is 4.79 Å². The van der Waals surface area contributed by atoms with Crippen molar-refractivity contribution in [2.45, 2.75) is 39.5 Å². The van der Waals surface area contributed by atoms with E-state index >= 15 is 0 Å². The molecule has 1 saturated heterocycles. The Hall–Kier alpha value is -2.57. The monoisotopic (exact) mass is 370 g/mol. The Morgan fingerprint density at radius 3 is 3.07 bits per heavy atom. The van der Waals surface area contributed by atoms with Crippen LogP contribution < -0.4 is 11.1 Å². The number of guanidine groups is 1. The number of aromatic nitrogens is 2. The van der Waals surface area contributed by atoms with Crippen molar-refractivity contribution in [1.82, 2.24) is 19.6 Å². The molecule has 0 saturated carbocycles. The van der Waals surface area contributed by atoms with Gasteiger partial charge in [0.15, 0.2) is 5.96 Å². The molecule has 0 spiro atoms. The minimum atomic E-state index is -0.217.